The molecule has 0 aliphatic rings. The van der Waals surface area contributed by atoms with Gasteiger partial charge in [-0.25, -0.2) is 9.55 Å². The quantitative estimate of drug-likeness (QED) is 0.0692. The zero-order valence-electron chi connectivity index (χ0n) is 25.9. The van der Waals surface area contributed by atoms with E-state index in [1.807, 2.05) is 0 Å². The fourth-order valence-electron chi connectivity index (χ4n) is 4.68. The lowest BCUT2D eigenvalue weighted by Gasteiger charge is -2.15. The number of phosphoric ester groups is 1. The van der Waals surface area contributed by atoms with Gasteiger partial charge in [0.1, 0.15) is 12.8 Å². The molecule has 248 valence electrons. The molecular formula is C29H54N5O8P. The molecule has 0 aliphatic carbocycles. The maximum atomic E-state index is 12.0. The van der Waals surface area contributed by atoms with Crippen LogP contribution in [0.3, 0.4) is 0 Å². The van der Waals surface area contributed by atoms with Crippen molar-refractivity contribution in [2.24, 2.45) is 0 Å². The molecule has 2 atom stereocenters. The average Bonchev–Trinajstić information content (AvgIpc) is 3.38. The number of nitrogens with one attached hydrogen (secondary N) is 1. The van der Waals surface area contributed by atoms with Crippen molar-refractivity contribution in [3.05, 3.63) is 16.7 Å². The number of phosphoric acid groups is 1. The van der Waals surface area contributed by atoms with Gasteiger partial charge >= 0.3 is 7.82 Å². The van der Waals surface area contributed by atoms with Crippen molar-refractivity contribution in [3.63, 3.8) is 0 Å². The Labute approximate surface area is 255 Å². The van der Waals surface area contributed by atoms with Crippen molar-refractivity contribution in [2.75, 3.05) is 38.8 Å². The molecule has 5 N–H and O–H groups in total. The number of imidazole rings is 1. The van der Waals surface area contributed by atoms with Crippen molar-refractivity contribution in [2.45, 2.75) is 122 Å². The number of aromatic nitrogens is 4. The number of aliphatic hydroxyl groups is 1. The smallest absolute Gasteiger partial charge is 0.388 e. The molecule has 2 heterocycles. The summed E-state index contributed by atoms with van der Waals surface area (Å²) >= 11 is 0. The van der Waals surface area contributed by atoms with Crippen molar-refractivity contribution in [3.8, 4) is 0 Å². The van der Waals surface area contributed by atoms with Gasteiger partial charge in [-0.05, 0) is 6.42 Å². The highest BCUT2D eigenvalue weighted by Gasteiger charge is 2.22. The highest BCUT2D eigenvalue weighted by Crippen LogP contribution is 2.43. The molecule has 0 bridgehead atoms. The Morgan fingerprint density at radius 1 is 0.860 bits per heavy atom. The molecular weight excluding hydrogens is 577 g/mol. The van der Waals surface area contributed by atoms with E-state index in [0.717, 1.165) is 12.8 Å². The van der Waals surface area contributed by atoms with Gasteiger partial charge in [0.05, 0.1) is 32.8 Å². The van der Waals surface area contributed by atoms with Crippen molar-refractivity contribution >= 4 is 24.9 Å². The molecule has 1 unspecified atom stereocenters. The van der Waals surface area contributed by atoms with Gasteiger partial charge in [-0.1, -0.05) is 103 Å². The number of anilines is 1. The Balaban J connectivity index is 1.37. The second kappa shape index (κ2) is 22.6. The first-order chi connectivity index (χ1) is 20.8. The number of hydrogen-bond donors (Lipinski definition) is 4. The minimum absolute atomic E-state index is 0.0160. The van der Waals surface area contributed by atoms with Crippen LogP contribution in [0.5, 0.6) is 0 Å². The molecule has 0 spiro atoms. The van der Waals surface area contributed by atoms with Crippen molar-refractivity contribution in [1.82, 2.24) is 19.5 Å². The van der Waals surface area contributed by atoms with Crippen molar-refractivity contribution < 1.29 is 33.1 Å². The van der Waals surface area contributed by atoms with Crippen LogP contribution in [0, 0.1) is 0 Å². The summed E-state index contributed by atoms with van der Waals surface area (Å²) in [6.45, 7) is 2.11. The van der Waals surface area contributed by atoms with Gasteiger partial charge in [-0.15, -0.1) is 0 Å². The largest absolute Gasteiger partial charge is 0.472 e. The maximum absolute atomic E-state index is 12.0. The van der Waals surface area contributed by atoms with Crippen LogP contribution < -0.4 is 11.3 Å². The van der Waals surface area contributed by atoms with E-state index in [1.165, 1.54) is 101 Å². The maximum Gasteiger partial charge on any atom is 0.472 e. The van der Waals surface area contributed by atoms with Crippen LogP contribution >= 0.6 is 7.82 Å². The third kappa shape index (κ3) is 17.3. The van der Waals surface area contributed by atoms with E-state index >= 15 is 0 Å². The molecule has 0 amide bonds. The van der Waals surface area contributed by atoms with Gasteiger partial charge in [0.25, 0.3) is 5.56 Å². The molecule has 0 saturated heterocycles. The summed E-state index contributed by atoms with van der Waals surface area (Å²) in [7, 11) is -4.37. The molecule has 0 saturated carbocycles. The summed E-state index contributed by atoms with van der Waals surface area (Å²) in [5.41, 5.74) is 5.46. The Morgan fingerprint density at radius 3 is 2.05 bits per heavy atom. The first kappa shape index (κ1) is 37.3. The van der Waals surface area contributed by atoms with Gasteiger partial charge in [-0.3, -0.25) is 23.4 Å². The second-order valence-corrected chi connectivity index (χ2v) is 12.5. The lowest BCUT2D eigenvalue weighted by molar-refractivity contribution is -0.00185. The highest BCUT2D eigenvalue weighted by atomic mass is 31.2. The number of rotatable bonds is 28. The van der Waals surface area contributed by atoms with E-state index in [-0.39, 0.29) is 43.7 Å². The molecule has 0 fully saturated rings. The predicted octanol–water partition coefficient (Wildman–Crippen LogP) is 5.45. The Hall–Kier alpha value is -1.86. The summed E-state index contributed by atoms with van der Waals surface area (Å²) in [5, 5.41) is 9.98. The molecule has 43 heavy (non-hydrogen) atoms. The first-order valence-electron chi connectivity index (χ1n) is 16.0. The number of hydrogen-bond acceptors (Lipinski definition) is 10. The SMILES string of the molecule is CCCCCCCCCCCCCCCCCCOC[C@@H](O)COP(=O)(O)OCCOCn1cnc2c(=O)[nH]c(N)nc21. The van der Waals surface area contributed by atoms with E-state index in [4.69, 9.17) is 24.3 Å². The summed E-state index contributed by atoms with van der Waals surface area (Å²) in [6.07, 6.45) is 21.2. The third-order valence-corrected chi connectivity index (χ3v) is 8.07. The summed E-state index contributed by atoms with van der Waals surface area (Å²) in [6, 6.07) is 0. The van der Waals surface area contributed by atoms with Crippen LogP contribution in [0.2, 0.25) is 0 Å². The average molecular weight is 632 g/mol. The van der Waals surface area contributed by atoms with Gasteiger partial charge in [0.2, 0.25) is 5.95 Å². The molecule has 0 radical (unpaired) electrons. The fraction of sp³-hybridized carbons (Fsp3) is 0.828. The van der Waals surface area contributed by atoms with Crippen LogP contribution in [0.15, 0.2) is 11.1 Å². The number of H-pyrrole nitrogens is 1. The molecule has 2 aromatic rings. The third-order valence-electron chi connectivity index (χ3n) is 7.09. The topological polar surface area (TPSA) is 184 Å². The van der Waals surface area contributed by atoms with E-state index in [2.05, 4.69) is 21.9 Å². The number of nitrogens with two attached hydrogens (primary N) is 1. The Kier molecular flexibility index (Phi) is 19.6. The molecule has 0 aromatic carbocycles. The number of unbranched alkanes of at least 4 members (excludes halogenated alkanes) is 15. The minimum Gasteiger partial charge on any atom is -0.388 e. The number of nitrogen functional groups attached to an aromatic ring is 1. The molecule has 2 aromatic heterocycles. The monoisotopic (exact) mass is 631 g/mol. The van der Waals surface area contributed by atoms with Crippen LogP contribution in [0.1, 0.15) is 110 Å². The Morgan fingerprint density at radius 2 is 1.44 bits per heavy atom. The fourth-order valence-corrected chi connectivity index (χ4v) is 5.42. The molecule has 0 aliphatic heterocycles. The van der Waals surface area contributed by atoms with Crippen LogP contribution in [0.4, 0.5) is 5.95 Å². The normalized spacial score (nSPS) is 13.9. The first-order valence-corrected chi connectivity index (χ1v) is 17.5. The van der Waals surface area contributed by atoms with E-state index in [0.29, 0.717) is 6.61 Å². The van der Waals surface area contributed by atoms with Gasteiger partial charge < -0.3 is 25.2 Å². The van der Waals surface area contributed by atoms with Crippen molar-refractivity contribution in [1.29, 1.82) is 0 Å². The number of fused-ring (bicyclic) bond motifs is 1. The second-order valence-electron chi connectivity index (χ2n) is 11.0. The lowest BCUT2D eigenvalue weighted by Crippen LogP contribution is -2.22. The lowest BCUT2D eigenvalue weighted by atomic mass is 10.0. The summed E-state index contributed by atoms with van der Waals surface area (Å²) in [5.74, 6) is -0.0474. The highest BCUT2D eigenvalue weighted by molar-refractivity contribution is 7.47. The number of nitrogens with zero attached hydrogens (tertiary/aromatic N) is 3. The standard InChI is InChI=1S/C29H54N5O8P/c1-2-3-4-5-6-7-8-9-10-11-12-13-14-15-16-17-18-39-21-25(35)22-42-43(37,38)41-20-19-40-24-34-23-31-26-27(34)32-29(30)33-28(26)36/h23,25,35H,2-22,24H2,1H3,(H,37,38)(H3,30,32,33,36)/t25-/m1/s1. The van der Waals surface area contributed by atoms with Crippen LogP contribution in [0.25, 0.3) is 11.2 Å². The van der Waals surface area contributed by atoms with E-state index < -0.39 is 26.1 Å². The van der Waals surface area contributed by atoms with Gasteiger partial charge in [0.15, 0.2) is 11.2 Å². The van der Waals surface area contributed by atoms with Crippen LogP contribution in [-0.2, 0) is 29.8 Å². The molecule has 2 rings (SSSR count). The number of aliphatic hydroxyl groups excluding tert-OH is 1. The Bertz CT molecular complexity index is 1100. The molecule has 13 nitrogen and oxygen atoms in total. The van der Waals surface area contributed by atoms with Gasteiger partial charge in [-0.2, -0.15) is 4.98 Å². The number of aromatic amines is 1. The zero-order chi connectivity index (χ0) is 31.2. The summed E-state index contributed by atoms with van der Waals surface area (Å²) < 4.78 is 34.0. The molecule has 14 heteroatoms. The van der Waals surface area contributed by atoms with E-state index in [1.54, 1.807) is 0 Å². The zero-order valence-corrected chi connectivity index (χ0v) is 26.8. The minimum atomic E-state index is -4.37. The number of ether oxygens (including phenoxy) is 2. The summed E-state index contributed by atoms with van der Waals surface area (Å²) in [4.78, 5) is 31.9. The van der Waals surface area contributed by atoms with Gasteiger partial charge in [0, 0.05) is 6.61 Å². The van der Waals surface area contributed by atoms with E-state index in [9.17, 15) is 19.4 Å². The van der Waals surface area contributed by atoms with Crippen LogP contribution in [-0.4, -0.2) is 68.7 Å². The predicted molar refractivity (Wildman–Crippen MR) is 167 cm³/mol.